The number of piperidine rings is 1. The zero-order valence-corrected chi connectivity index (χ0v) is 8.18. The smallest absolute Gasteiger partial charge is 0.0681 e. The minimum atomic E-state index is 0.312. The van der Waals surface area contributed by atoms with E-state index in [1.807, 2.05) is 0 Å². The van der Waals surface area contributed by atoms with E-state index in [2.05, 4.69) is 17.4 Å². The molecule has 0 amide bonds. The monoisotopic (exact) mass is 172 g/mol. The Kier molecular flexibility index (Phi) is 4.58. The topological polar surface area (TPSA) is 24.5 Å². The molecule has 12 heavy (non-hydrogen) atoms. The fourth-order valence-corrected chi connectivity index (χ4v) is 1.39. The lowest BCUT2D eigenvalue weighted by Crippen LogP contribution is -2.44. The molecule has 3 nitrogen and oxygen atoms in total. The average Bonchev–Trinajstić information content (AvgIpc) is 2.16. The van der Waals surface area contributed by atoms with Gasteiger partial charge in [0.15, 0.2) is 0 Å². The van der Waals surface area contributed by atoms with Crippen LogP contribution in [0.1, 0.15) is 26.2 Å². The molecule has 72 valence electrons. The quantitative estimate of drug-likeness (QED) is 0.685. The highest BCUT2D eigenvalue weighted by atomic mass is 16.5. The highest BCUT2D eigenvalue weighted by Gasteiger charge is 2.09. The highest BCUT2D eigenvalue weighted by molar-refractivity contribution is 4.61. The summed E-state index contributed by atoms with van der Waals surface area (Å²) in [6, 6.07) is 0. The molecule has 3 heteroatoms. The molecule has 1 aliphatic rings. The van der Waals surface area contributed by atoms with E-state index >= 15 is 0 Å². The van der Waals surface area contributed by atoms with Gasteiger partial charge in [-0.2, -0.15) is 0 Å². The van der Waals surface area contributed by atoms with Gasteiger partial charge in [0.25, 0.3) is 0 Å². The minimum Gasteiger partial charge on any atom is -0.380 e. The van der Waals surface area contributed by atoms with Crippen molar-refractivity contribution >= 4 is 0 Å². The van der Waals surface area contributed by atoms with E-state index in [9.17, 15) is 0 Å². The predicted octanol–water partition coefficient (Wildman–Crippen LogP) is 1.01. The van der Waals surface area contributed by atoms with Gasteiger partial charge in [-0.05, 0) is 19.8 Å². The van der Waals surface area contributed by atoms with Crippen molar-refractivity contribution in [3.8, 4) is 0 Å². The van der Waals surface area contributed by atoms with Crippen LogP contribution in [0, 0.1) is 0 Å². The van der Waals surface area contributed by atoms with Gasteiger partial charge < -0.3 is 4.74 Å². The van der Waals surface area contributed by atoms with Crippen molar-refractivity contribution in [2.24, 2.45) is 0 Å². The summed E-state index contributed by atoms with van der Waals surface area (Å²) < 4.78 is 5.15. The van der Waals surface area contributed by atoms with Crippen molar-refractivity contribution in [1.29, 1.82) is 0 Å². The summed E-state index contributed by atoms with van der Waals surface area (Å²) in [7, 11) is 1.75. The van der Waals surface area contributed by atoms with Crippen molar-refractivity contribution in [2.75, 3.05) is 26.7 Å². The van der Waals surface area contributed by atoms with Crippen molar-refractivity contribution in [2.45, 2.75) is 32.3 Å². The van der Waals surface area contributed by atoms with Crippen molar-refractivity contribution in [3.63, 3.8) is 0 Å². The van der Waals surface area contributed by atoms with Crippen LogP contribution < -0.4 is 5.43 Å². The lowest BCUT2D eigenvalue weighted by atomic mass is 10.2. The van der Waals surface area contributed by atoms with Crippen LogP contribution >= 0.6 is 0 Å². The molecule has 1 fully saturated rings. The molecule has 0 aromatic rings. The molecule has 1 atom stereocenters. The normalized spacial score (nSPS) is 22.5. The molecule has 0 aromatic heterocycles. The van der Waals surface area contributed by atoms with Gasteiger partial charge in [0.2, 0.25) is 0 Å². The van der Waals surface area contributed by atoms with Gasteiger partial charge >= 0.3 is 0 Å². The Balaban J connectivity index is 2.05. The SMILES string of the molecule is COC(C)CNN1CCCCC1. The molecule has 0 bridgehead atoms. The first-order valence-corrected chi connectivity index (χ1v) is 4.84. The van der Waals surface area contributed by atoms with Crippen LogP contribution in [0.5, 0.6) is 0 Å². The molecule has 1 N–H and O–H groups in total. The van der Waals surface area contributed by atoms with Crippen molar-refractivity contribution < 1.29 is 4.74 Å². The van der Waals surface area contributed by atoms with Crippen LogP contribution in [-0.2, 0) is 4.74 Å². The number of hydrazine groups is 1. The van der Waals surface area contributed by atoms with E-state index in [0.29, 0.717) is 6.10 Å². The number of nitrogens with zero attached hydrogens (tertiary/aromatic N) is 1. The van der Waals surface area contributed by atoms with E-state index in [-0.39, 0.29) is 0 Å². The standard InChI is InChI=1S/C9H20N2O/c1-9(12-2)8-10-11-6-4-3-5-7-11/h9-10H,3-8H2,1-2H3. The van der Waals surface area contributed by atoms with Gasteiger partial charge in [-0.25, -0.2) is 5.01 Å². The maximum atomic E-state index is 5.15. The lowest BCUT2D eigenvalue weighted by Gasteiger charge is -2.28. The van der Waals surface area contributed by atoms with Crippen molar-refractivity contribution in [3.05, 3.63) is 0 Å². The molecule has 0 aromatic carbocycles. The molecule has 1 unspecified atom stereocenters. The number of hydrogen-bond acceptors (Lipinski definition) is 3. The first-order chi connectivity index (χ1) is 5.83. The maximum absolute atomic E-state index is 5.15. The third-order valence-electron chi connectivity index (χ3n) is 2.36. The van der Waals surface area contributed by atoms with Crippen LogP contribution in [0.3, 0.4) is 0 Å². The number of rotatable bonds is 4. The number of methoxy groups -OCH3 is 1. The summed E-state index contributed by atoms with van der Waals surface area (Å²) >= 11 is 0. The second kappa shape index (κ2) is 5.51. The number of ether oxygens (including phenoxy) is 1. The fourth-order valence-electron chi connectivity index (χ4n) is 1.39. The van der Waals surface area contributed by atoms with Gasteiger partial charge in [0.1, 0.15) is 0 Å². The third-order valence-corrected chi connectivity index (χ3v) is 2.36. The predicted molar refractivity (Wildman–Crippen MR) is 49.9 cm³/mol. The molecule has 1 aliphatic heterocycles. The van der Waals surface area contributed by atoms with Crippen LogP contribution in [0.4, 0.5) is 0 Å². The zero-order valence-electron chi connectivity index (χ0n) is 8.18. The Hall–Kier alpha value is -0.120. The molecule has 1 heterocycles. The van der Waals surface area contributed by atoms with E-state index < -0.39 is 0 Å². The van der Waals surface area contributed by atoms with Crippen LogP contribution in [0.25, 0.3) is 0 Å². The van der Waals surface area contributed by atoms with Crippen molar-refractivity contribution in [1.82, 2.24) is 10.4 Å². The molecule has 0 spiro atoms. The Morgan fingerprint density at radius 2 is 2.00 bits per heavy atom. The van der Waals surface area contributed by atoms with Gasteiger partial charge in [0, 0.05) is 26.7 Å². The van der Waals surface area contributed by atoms with E-state index in [1.165, 1.54) is 32.4 Å². The summed E-state index contributed by atoms with van der Waals surface area (Å²) in [6.07, 6.45) is 4.35. The largest absolute Gasteiger partial charge is 0.380 e. The zero-order chi connectivity index (χ0) is 8.81. The van der Waals surface area contributed by atoms with E-state index in [0.717, 1.165) is 6.54 Å². The summed E-state index contributed by atoms with van der Waals surface area (Å²) in [4.78, 5) is 0. The molecular formula is C9H20N2O. The van der Waals surface area contributed by atoms with Crippen LogP contribution in [-0.4, -0.2) is 37.9 Å². The first-order valence-electron chi connectivity index (χ1n) is 4.84. The van der Waals surface area contributed by atoms with Gasteiger partial charge in [0.05, 0.1) is 6.10 Å². The molecular weight excluding hydrogens is 152 g/mol. The molecule has 0 saturated carbocycles. The summed E-state index contributed by atoms with van der Waals surface area (Å²) in [5.74, 6) is 0. The van der Waals surface area contributed by atoms with Crippen LogP contribution in [0.15, 0.2) is 0 Å². The second-order valence-electron chi connectivity index (χ2n) is 3.46. The third kappa shape index (κ3) is 3.52. The Morgan fingerprint density at radius 1 is 1.33 bits per heavy atom. The van der Waals surface area contributed by atoms with Crippen LogP contribution in [0.2, 0.25) is 0 Å². The molecule has 0 aliphatic carbocycles. The molecule has 0 radical (unpaired) electrons. The second-order valence-corrected chi connectivity index (χ2v) is 3.46. The Labute approximate surface area is 75.0 Å². The Morgan fingerprint density at radius 3 is 2.58 bits per heavy atom. The highest BCUT2D eigenvalue weighted by Crippen LogP contribution is 2.05. The van der Waals surface area contributed by atoms with Gasteiger partial charge in [-0.3, -0.25) is 5.43 Å². The van der Waals surface area contributed by atoms with E-state index in [4.69, 9.17) is 4.74 Å². The number of hydrogen-bond donors (Lipinski definition) is 1. The summed E-state index contributed by atoms with van der Waals surface area (Å²) in [5.41, 5.74) is 3.38. The van der Waals surface area contributed by atoms with Gasteiger partial charge in [-0.1, -0.05) is 6.42 Å². The molecule has 1 saturated heterocycles. The Bertz CT molecular complexity index is 113. The average molecular weight is 172 g/mol. The summed E-state index contributed by atoms with van der Waals surface area (Å²) in [6.45, 7) is 5.39. The minimum absolute atomic E-state index is 0.312. The van der Waals surface area contributed by atoms with E-state index in [1.54, 1.807) is 7.11 Å². The number of nitrogens with one attached hydrogen (secondary N) is 1. The lowest BCUT2D eigenvalue weighted by molar-refractivity contribution is 0.0754. The van der Waals surface area contributed by atoms with Gasteiger partial charge in [-0.15, -0.1) is 0 Å². The molecule has 1 rings (SSSR count). The first kappa shape index (κ1) is 9.96. The fraction of sp³-hybridized carbons (Fsp3) is 1.00. The maximum Gasteiger partial charge on any atom is 0.0681 e. The summed E-state index contributed by atoms with van der Waals surface area (Å²) in [5, 5.41) is 2.30.